The summed E-state index contributed by atoms with van der Waals surface area (Å²) >= 11 is 0. The van der Waals surface area contributed by atoms with Crippen molar-refractivity contribution in [3.05, 3.63) is 35.9 Å². The quantitative estimate of drug-likeness (QED) is 0.418. The van der Waals surface area contributed by atoms with Crippen molar-refractivity contribution in [2.45, 2.75) is 37.4 Å². The van der Waals surface area contributed by atoms with E-state index in [0.717, 1.165) is 24.9 Å². The first-order valence-corrected chi connectivity index (χ1v) is 8.51. The fraction of sp³-hybridized carbons (Fsp3) is 0.500. The maximum absolute atomic E-state index is 12.3. The number of aliphatic carboxylic acids is 2. The van der Waals surface area contributed by atoms with Crippen molar-refractivity contribution in [2.75, 3.05) is 19.7 Å². The molecular formula is C18H25NO8. The van der Waals surface area contributed by atoms with Crippen molar-refractivity contribution in [3.8, 4) is 0 Å². The maximum atomic E-state index is 12.3. The van der Waals surface area contributed by atoms with Gasteiger partial charge in [-0.3, -0.25) is 4.79 Å². The average Bonchev–Trinajstić information content (AvgIpc) is 2.68. The van der Waals surface area contributed by atoms with E-state index in [1.54, 1.807) is 0 Å². The summed E-state index contributed by atoms with van der Waals surface area (Å²) in [5, 5.41) is 35.8. The summed E-state index contributed by atoms with van der Waals surface area (Å²) in [4.78, 5) is 31.8. The van der Waals surface area contributed by atoms with Gasteiger partial charge < -0.3 is 30.5 Å². The van der Waals surface area contributed by atoms with E-state index in [1.165, 1.54) is 0 Å². The molecule has 5 N–H and O–H groups in total. The Hall–Kier alpha value is -2.49. The van der Waals surface area contributed by atoms with Gasteiger partial charge in [0.05, 0.1) is 6.61 Å². The van der Waals surface area contributed by atoms with Gasteiger partial charge in [0.15, 0.2) is 12.2 Å². The minimum absolute atomic E-state index is 0.0987. The molecule has 1 aromatic rings. The molecule has 0 bridgehead atoms. The van der Waals surface area contributed by atoms with Crippen molar-refractivity contribution in [2.24, 2.45) is 0 Å². The molecule has 3 unspecified atom stereocenters. The molecule has 9 nitrogen and oxygen atoms in total. The smallest absolute Gasteiger partial charge is 0.335 e. The van der Waals surface area contributed by atoms with Crippen LogP contribution in [0.3, 0.4) is 0 Å². The predicted octanol–water partition coefficient (Wildman–Crippen LogP) is -0.252. The highest BCUT2D eigenvalue weighted by molar-refractivity contribution is 5.84. The number of rotatable bonds is 6. The Morgan fingerprint density at radius 1 is 1.11 bits per heavy atom. The van der Waals surface area contributed by atoms with Gasteiger partial charge in [0.1, 0.15) is 5.41 Å². The van der Waals surface area contributed by atoms with E-state index >= 15 is 0 Å². The van der Waals surface area contributed by atoms with E-state index in [-0.39, 0.29) is 5.97 Å². The molecule has 0 aromatic heterocycles. The van der Waals surface area contributed by atoms with Gasteiger partial charge in [-0.1, -0.05) is 30.3 Å². The largest absolute Gasteiger partial charge is 0.479 e. The number of aliphatic hydroxyl groups is 2. The average molecular weight is 383 g/mol. The third-order valence-corrected chi connectivity index (χ3v) is 4.18. The SMILES string of the molecule is CCOC(=O)C1(c2ccccc2)CCCNC1.O=C(O)C(O)C(O)C(=O)O. The van der Waals surface area contributed by atoms with Crippen LogP contribution in [0.5, 0.6) is 0 Å². The maximum Gasteiger partial charge on any atom is 0.335 e. The zero-order valence-electron chi connectivity index (χ0n) is 15.0. The van der Waals surface area contributed by atoms with Crippen LogP contribution >= 0.6 is 0 Å². The van der Waals surface area contributed by atoms with Gasteiger partial charge in [-0.05, 0) is 31.9 Å². The Kier molecular flexibility index (Phi) is 8.86. The normalized spacial score (nSPS) is 21.1. The van der Waals surface area contributed by atoms with Crippen LogP contribution in [-0.4, -0.2) is 70.2 Å². The second-order valence-corrected chi connectivity index (χ2v) is 6.02. The third-order valence-electron chi connectivity index (χ3n) is 4.18. The summed E-state index contributed by atoms with van der Waals surface area (Å²) in [5.41, 5.74) is 0.570. The molecule has 1 fully saturated rings. The number of hydrogen-bond donors (Lipinski definition) is 5. The Bertz CT molecular complexity index is 610. The number of aliphatic hydroxyl groups excluding tert-OH is 2. The molecule has 1 aromatic carbocycles. The van der Waals surface area contributed by atoms with E-state index in [1.807, 2.05) is 37.3 Å². The zero-order chi connectivity index (χ0) is 20.4. The minimum atomic E-state index is -2.27. The molecule has 0 amide bonds. The standard InChI is InChI=1S/C14H19NO2.C4H6O6/c1-2-17-13(16)14(9-6-10-15-11-14)12-7-4-3-5-8-12;5-1(3(7)8)2(6)4(9)10/h3-5,7-8,15H,2,6,9-11H2,1H3;1-2,5-6H,(H,7,8)(H,9,10). The van der Waals surface area contributed by atoms with Gasteiger partial charge >= 0.3 is 17.9 Å². The second-order valence-electron chi connectivity index (χ2n) is 6.02. The molecule has 1 aliphatic rings. The van der Waals surface area contributed by atoms with Gasteiger partial charge in [0.25, 0.3) is 0 Å². The molecule has 150 valence electrons. The van der Waals surface area contributed by atoms with Crippen molar-refractivity contribution >= 4 is 17.9 Å². The lowest BCUT2D eigenvalue weighted by atomic mass is 9.75. The number of carbonyl (C=O) groups is 3. The lowest BCUT2D eigenvalue weighted by Gasteiger charge is -2.35. The first kappa shape index (κ1) is 22.6. The Morgan fingerprint density at radius 3 is 2.07 bits per heavy atom. The molecule has 3 atom stereocenters. The van der Waals surface area contributed by atoms with Crippen LogP contribution in [0.2, 0.25) is 0 Å². The molecule has 0 aliphatic carbocycles. The molecular weight excluding hydrogens is 358 g/mol. The Labute approximate surface area is 156 Å². The number of esters is 1. The fourth-order valence-electron chi connectivity index (χ4n) is 2.74. The fourth-order valence-corrected chi connectivity index (χ4v) is 2.74. The van der Waals surface area contributed by atoms with Gasteiger partial charge in [-0.15, -0.1) is 0 Å². The highest BCUT2D eigenvalue weighted by atomic mass is 16.5. The molecule has 9 heteroatoms. The second kappa shape index (κ2) is 10.6. The molecule has 1 heterocycles. The van der Waals surface area contributed by atoms with E-state index in [4.69, 9.17) is 25.2 Å². The molecule has 27 heavy (non-hydrogen) atoms. The summed E-state index contributed by atoms with van der Waals surface area (Å²) in [5.74, 6) is -3.64. The number of benzene rings is 1. The minimum Gasteiger partial charge on any atom is -0.479 e. The van der Waals surface area contributed by atoms with Gasteiger partial charge in [-0.2, -0.15) is 0 Å². The van der Waals surface area contributed by atoms with Crippen LogP contribution in [0.1, 0.15) is 25.3 Å². The summed E-state index contributed by atoms with van der Waals surface area (Å²) < 4.78 is 5.26. The molecule has 0 radical (unpaired) electrons. The van der Waals surface area contributed by atoms with Gasteiger partial charge in [0, 0.05) is 6.54 Å². The van der Waals surface area contributed by atoms with Crippen LogP contribution in [0, 0.1) is 0 Å². The first-order valence-electron chi connectivity index (χ1n) is 8.51. The van der Waals surface area contributed by atoms with Crippen LogP contribution in [0.4, 0.5) is 0 Å². The summed E-state index contributed by atoms with van der Waals surface area (Å²) in [6.45, 7) is 3.95. The van der Waals surface area contributed by atoms with Crippen molar-refractivity contribution < 1.29 is 39.5 Å². The van der Waals surface area contributed by atoms with E-state index in [9.17, 15) is 14.4 Å². The van der Waals surface area contributed by atoms with Crippen molar-refractivity contribution in [1.82, 2.24) is 5.32 Å². The summed E-state index contributed by atoms with van der Waals surface area (Å²) in [6.07, 6.45) is -2.66. The van der Waals surface area contributed by atoms with Gasteiger partial charge in [0.2, 0.25) is 0 Å². The third kappa shape index (κ3) is 6.02. The molecule has 1 saturated heterocycles. The van der Waals surface area contributed by atoms with E-state index in [2.05, 4.69) is 5.32 Å². The number of carbonyl (C=O) groups excluding carboxylic acids is 1. The van der Waals surface area contributed by atoms with Crippen LogP contribution in [0.15, 0.2) is 30.3 Å². The van der Waals surface area contributed by atoms with E-state index < -0.39 is 29.6 Å². The van der Waals surface area contributed by atoms with Crippen molar-refractivity contribution in [3.63, 3.8) is 0 Å². The number of carboxylic acids is 2. The molecule has 1 aliphatic heterocycles. The number of hydrogen-bond acceptors (Lipinski definition) is 7. The first-order chi connectivity index (χ1) is 12.8. The predicted molar refractivity (Wildman–Crippen MR) is 94.1 cm³/mol. The highest BCUT2D eigenvalue weighted by Gasteiger charge is 2.42. The van der Waals surface area contributed by atoms with Gasteiger partial charge in [-0.25, -0.2) is 9.59 Å². The van der Waals surface area contributed by atoms with E-state index in [0.29, 0.717) is 13.2 Å². The lowest BCUT2D eigenvalue weighted by Crippen LogP contribution is -2.49. The van der Waals surface area contributed by atoms with Crippen molar-refractivity contribution in [1.29, 1.82) is 0 Å². The van der Waals surface area contributed by atoms with Crippen LogP contribution in [0.25, 0.3) is 0 Å². The highest BCUT2D eigenvalue weighted by Crippen LogP contribution is 2.32. The summed E-state index contributed by atoms with van der Waals surface area (Å²) in [6, 6.07) is 9.96. The molecule has 0 spiro atoms. The topological polar surface area (TPSA) is 153 Å². The number of piperidine rings is 1. The van der Waals surface area contributed by atoms with Crippen LogP contribution < -0.4 is 5.32 Å². The lowest BCUT2D eigenvalue weighted by molar-refractivity contribution is -0.165. The number of nitrogens with one attached hydrogen (secondary N) is 1. The van der Waals surface area contributed by atoms with Crippen LogP contribution in [-0.2, 0) is 24.5 Å². The Balaban J connectivity index is 0.000000314. The molecule has 2 rings (SSSR count). The zero-order valence-corrected chi connectivity index (χ0v) is 15.0. The summed E-state index contributed by atoms with van der Waals surface area (Å²) in [7, 11) is 0. The molecule has 0 saturated carbocycles. The number of carboxylic acid groups (broad SMARTS) is 2. The number of ether oxygens (including phenoxy) is 1. The Morgan fingerprint density at radius 2 is 1.67 bits per heavy atom. The monoisotopic (exact) mass is 383 g/mol.